The molecule has 1 saturated carbocycles. The molecule has 0 aromatic rings. The molecular weight excluding hydrogens is 262 g/mol. The van der Waals surface area contributed by atoms with Crippen LogP contribution in [0.25, 0.3) is 0 Å². The number of hydrogen-bond donors (Lipinski definition) is 2. The predicted molar refractivity (Wildman–Crippen MR) is 90.9 cm³/mol. The summed E-state index contributed by atoms with van der Waals surface area (Å²) in [5.74, 6) is 0.980. The molecule has 0 aromatic carbocycles. The van der Waals surface area contributed by atoms with Crippen LogP contribution in [0.5, 0.6) is 0 Å². The van der Waals surface area contributed by atoms with Crippen molar-refractivity contribution in [1.29, 1.82) is 0 Å². The lowest BCUT2D eigenvalue weighted by Crippen LogP contribution is -2.38. The van der Waals surface area contributed by atoms with E-state index < -0.39 is 0 Å². The smallest absolute Gasteiger partial charge is 0.191 e. The van der Waals surface area contributed by atoms with Crippen molar-refractivity contribution in [2.45, 2.75) is 65.7 Å². The van der Waals surface area contributed by atoms with Crippen LogP contribution in [0.15, 0.2) is 4.99 Å². The first-order valence-corrected chi connectivity index (χ1v) is 8.86. The van der Waals surface area contributed by atoms with Crippen LogP contribution < -0.4 is 10.6 Å². The molecule has 0 atom stereocenters. The van der Waals surface area contributed by atoms with Gasteiger partial charge in [-0.05, 0) is 51.4 Å². The van der Waals surface area contributed by atoms with Crippen LogP contribution in [0.2, 0.25) is 0 Å². The molecule has 0 heterocycles. The van der Waals surface area contributed by atoms with Gasteiger partial charge < -0.3 is 15.4 Å². The first-order chi connectivity index (χ1) is 10.3. The molecule has 0 radical (unpaired) electrons. The van der Waals surface area contributed by atoms with E-state index in [9.17, 15) is 0 Å². The molecule has 0 spiro atoms. The largest absolute Gasteiger partial charge is 0.382 e. The Labute approximate surface area is 131 Å². The summed E-state index contributed by atoms with van der Waals surface area (Å²) < 4.78 is 5.36. The van der Waals surface area contributed by atoms with Crippen LogP contribution in [-0.2, 0) is 4.74 Å². The Morgan fingerprint density at radius 3 is 2.48 bits per heavy atom. The Bertz CT molecular complexity index is 286. The van der Waals surface area contributed by atoms with Gasteiger partial charge in [0.2, 0.25) is 0 Å². The molecule has 0 aromatic heterocycles. The molecule has 21 heavy (non-hydrogen) atoms. The van der Waals surface area contributed by atoms with E-state index in [0.29, 0.717) is 5.41 Å². The highest BCUT2D eigenvalue weighted by Gasteiger charge is 2.31. The summed E-state index contributed by atoms with van der Waals surface area (Å²) in [6.07, 6.45) is 8.95. The van der Waals surface area contributed by atoms with Gasteiger partial charge in [-0.2, -0.15) is 0 Å². The fourth-order valence-corrected chi connectivity index (χ4v) is 3.02. The van der Waals surface area contributed by atoms with Crippen LogP contribution in [-0.4, -0.2) is 38.8 Å². The lowest BCUT2D eigenvalue weighted by atomic mass is 9.84. The van der Waals surface area contributed by atoms with Gasteiger partial charge in [-0.15, -0.1) is 0 Å². The Hall–Kier alpha value is -0.770. The van der Waals surface area contributed by atoms with Crippen molar-refractivity contribution in [1.82, 2.24) is 10.6 Å². The fourth-order valence-electron chi connectivity index (χ4n) is 3.02. The highest BCUT2D eigenvalue weighted by atomic mass is 16.5. The van der Waals surface area contributed by atoms with Gasteiger partial charge in [-0.25, -0.2) is 0 Å². The average molecular weight is 297 g/mol. The molecule has 1 fully saturated rings. The maximum atomic E-state index is 5.36. The van der Waals surface area contributed by atoms with Gasteiger partial charge in [0.25, 0.3) is 0 Å². The molecule has 4 heteroatoms. The van der Waals surface area contributed by atoms with Crippen molar-refractivity contribution < 1.29 is 4.74 Å². The van der Waals surface area contributed by atoms with E-state index in [0.717, 1.165) is 51.6 Å². The van der Waals surface area contributed by atoms with Gasteiger partial charge in [-0.3, -0.25) is 4.99 Å². The summed E-state index contributed by atoms with van der Waals surface area (Å²) in [7, 11) is 0. The molecule has 0 aliphatic heterocycles. The highest BCUT2D eigenvalue weighted by Crippen LogP contribution is 2.41. The van der Waals surface area contributed by atoms with Crippen molar-refractivity contribution >= 4 is 5.96 Å². The van der Waals surface area contributed by atoms with Crippen molar-refractivity contribution in [3.8, 4) is 0 Å². The average Bonchev–Trinajstić information content (AvgIpc) is 2.97. The van der Waals surface area contributed by atoms with Gasteiger partial charge in [0, 0.05) is 32.8 Å². The van der Waals surface area contributed by atoms with Crippen LogP contribution in [0.4, 0.5) is 0 Å². The van der Waals surface area contributed by atoms with Gasteiger partial charge in [0.1, 0.15) is 0 Å². The number of ether oxygens (including phenoxy) is 1. The molecule has 0 bridgehead atoms. The quantitative estimate of drug-likeness (QED) is 0.369. The maximum Gasteiger partial charge on any atom is 0.191 e. The second-order valence-electron chi connectivity index (χ2n) is 6.09. The minimum absolute atomic E-state index is 0.470. The molecule has 0 saturated heterocycles. The molecule has 1 aliphatic carbocycles. The van der Waals surface area contributed by atoms with Crippen LogP contribution in [0.1, 0.15) is 65.7 Å². The zero-order chi connectivity index (χ0) is 15.4. The van der Waals surface area contributed by atoms with Crippen LogP contribution >= 0.6 is 0 Å². The lowest BCUT2D eigenvalue weighted by molar-refractivity contribution is 0.143. The lowest BCUT2D eigenvalue weighted by Gasteiger charge is -2.25. The Morgan fingerprint density at radius 2 is 1.86 bits per heavy atom. The van der Waals surface area contributed by atoms with Gasteiger partial charge >= 0.3 is 0 Å². The molecular formula is C17H35N3O. The topological polar surface area (TPSA) is 45.7 Å². The van der Waals surface area contributed by atoms with E-state index in [1.54, 1.807) is 0 Å². The Balaban J connectivity index is 2.32. The summed E-state index contributed by atoms with van der Waals surface area (Å²) in [5.41, 5.74) is 0.470. The summed E-state index contributed by atoms with van der Waals surface area (Å²) in [5, 5.41) is 6.80. The van der Waals surface area contributed by atoms with Gasteiger partial charge in [0.15, 0.2) is 5.96 Å². The number of nitrogens with zero attached hydrogens (tertiary/aromatic N) is 1. The molecule has 1 aliphatic rings. The van der Waals surface area contributed by atoms with Crippen molar-refractivity contribution in [3.05, 3.63) is 0 Å². The van der Waals surface area contributed by atoms with Crippen molar-refractivity contribution in [3.63, 3.8) is 0 Å². The zero-order valence-corrected chi connectivity index (χ0v) is 14.3. The van der Waals surface area contributed by atoms with Gasteiger partial charge in [-0.1, -0.05) is 19.8 Å². The van der Waals surface area contributed by atoms with E-state index >= 15 is 0 Å². The van der Waals surface area contributed by atoms with E-state index in [1.165, 1.54) is 32.1 Å². The fraction of sp³-hybridized carbons (Fsp3) is 0.941. The van der Waals surface area contributed by atoms with E-state index in [4.69, 9.17) is 9.73 Å². The van der Waals surface area contributed by atoms with E-state index in [2.05, 4.69) is 24.5 Å². The normalized spacial score (nSPS) is 18.0. The highest BCUT2D eigenvalue weighted by molar-refractivity contribution is 5.79. The summed E-state index contributed by atoms with van der Waals surface area (Å²) in [6.45, 7) is 11.0. The minimum atomic E-state index is 0.470. The molecule has 0 amide bonds. The van der Waals surface area contributed by atoms with E-state index in [1.807, 2.05) is 6.92 Å². The predicted octanol–water partition coefficient (Wildman–Crippen LogP) is 3.33. The van der Waals surface area contributed by atoms with Crippen molar-refractivity contribution in [2.24, 2.45) is 10.4 Å². The second kappa shape index (κ2) is 10.9. The summed E-state index contributed by atoms with van der Waals surface area (Å²) in [6, 6.07) is 0. The second-order valence-corrected chi connectivity index (χ2v) is 6.09. The summed E-state index contributed by atoms with van der Waals surface area (Å²) >= 11 is 0. The first-order valence-electron chi connectivity index (χ1n) is 8.86. The molecule has 1 rings (SSSR count). The number of guanidine groups is 1. The van der Waals surface area contributed by atoms with Crippen molar-refractivity contribution in [2.75, 3.05) is 32.8 Å². The Morgan fingerprint density at radius 1 is 1.10 bits per heavy atom. The van der Waals surface area contributed by atoms with Crippen LogP contribution in [0.3, 0.4) is 0 Å². The maximum absolute atomic E-state index is 5.36. The standard InChI is InChI=1S/C17H35N3O/c1-4-17(11-7-8-12-17)15-20-16(18-5-2)19-13-9-10-14-21-6-3/h4-15H2,1-3H3,(H2,18,19,20). The number of unbranched alkanes of at least 4 members (excludes halogenated alkanes) is 1. The minimum Gasteiger partial charge on any atom is -0.382 e. The number of rotatable bonds is 10. The zero-order valence-electron chi connectivity index (χ0n) is 14.3. The van der Waals surface area contributed by atoms with Crippen LogP contribution in [0, 0.1) is 5.41 Å². The Kier molecular flexibility index (Phi) is 9.48. The number of aliphatic imine (C=N–C) groups is 1. The number of nitrogens with one attached hydrogen (secondary N) is 2. The molecule has 4 nitrogen and oxygen atoms in total. The number of hydrogen-bond acceptors (Lipinski definition) is 2. The van der Waals surface area contributed by atoms with E-state index in [-0.39, 0.29) is 0 Å². The molecule has 124 valence electrons. The third-order valence-electron chi connectivity index (χ3n) is 4.54. The third kappa shape index (κ3) is 7.16. The van der Waals surface area contributed by atoms with Gasteiger partial charge in [0.05, 0.1) is 0 Å². The summed E-state index contributed by atoms with van der Waals surface area (Å²) in [4.78, 5) is 4.84. The first kappa shape index (κ1) is 18.3. The SMILES string of the molecule is CCNC(=NCC1(CC)CCCC1)NCCCCOCC. The molecule has 0 unspecified atom stereocenters. The molecule has 2 N–H and O–H groups in total. The third-order valence-corrected chi connectivity index (χ3v) is 4.54. The monoisotopic (exact) mass is 297 g/mol.